The summed E-state index contributed by atoms with van der Waals surface area (Å²) in [5, 5.41) is 1.18. The first-order valence-corrected chi connectivity index (χ1v) is 3.96. The second kappa shape index (κ2) is 2.55. The van der Waals surface area contributed by atoms with E-state index in [1.54, 1.807) is 6.20 Å². The number of hydrogen-bond donors (Lipinski definition) is 0. The fourth-order valence-corrected chi connectivity index (χ4v) is 1.46. The first kappa shape index (κ1) is 7.22. The van der Waals surface area contributed by atoms with Crippen LogP contribution in [0.5, 0.6) is 0 Å². The Kier molecular flexibility index (Phi) is 1.54. The Balaban J connectivity index is 2.96. The molecule has 0 aromatic carbocycles. The fraction of sp³-hybridized carbons (Fsp3) is 0.200. The molecule has 2 heterocycles. The van der Waals surface area contributed by atoms with Crippen LogP contribution in [0.2, 0.25) is 0 Å². The van der Waals surface area contributed by atoms with E-state index >= 15 is 0 Å². The van der Waals surface area contributed by atoms with Crippen molar-refractivity contribution in [1.29, 1.82) is 0 Å². The smallest absolute Gasteiger partial charge is 0.0738 e. The van der Waals surface area contributed by atoms with Gasteiger partial charge in [-0.2, -0.15) is 0 Å². The highest BCUT2D eigenvalue weighted by Gasteiger charge is 2.00. The first-order chi connectivity index (χ1) is 5.79. The van der Waals surface area contributed by atoms with Crippen LogP contribution in [-0.2, 0) is 0 Å². The van der Waals surface area contributed by atoms with Crippen molar-refractivity contribution in [3.8, 4) is 0 Å². The summed E-state index contributed by atoms with van der Waals surface area (Å²) in [7, 11) is 0. The number of rotatable bonds is 0. The predicted molar refractivity (Wildman–Crippen MR) is 49.0 cm³/mol. The summed E-state index contributed by atoms with van der Waals surface area (Å²) in [6.07, 6.45) is 3.63. The lowest BCUT2D eigenvalue weighted by Crippen LogP contribution is -1.88. The molecule has 0 saturated carbocycles. The summed E-state index contributed by atoms with van der Waals surface area (Å²) in [6, 6.07) is 3.95. The Morgan fingerprint density at radius 1 is 1.00 bits per heavy atom. The molecule has 0 bridgehead atoms. The molecule has 0 aliphatic carbocycles. The molecule has 2 rings (SSSR count). The lowest BCUT2D eigenvalue weighted by molar-refractivity contribution is 1.21. The van der Waals surface area contributed by atoms with E-state index in [0.717, 1.165) is 11.2 Å². The van der Waals surface area contributed by atoms with E-state index < -0.39 is 0 Å². The van der Waals surface area contributed by atoms with E-state index in [0.29, 0.717) is 0 Å². The Hall–Kier alpha value is -1.44. The Bertz CT molecular complexity index is 384. The van der Waals surface area contributed by atoms with Crippen molar-refractivity contribution < 1.29 is 0 Å². The summed E-state index contributed by atoms with van der Waals surface area (Å²) in [6.45, 7) is 4.09. The summed E-state index contributed by atoms with van der Waals surface area (Å²) in [4.78, 5) is 8.49. The van der Waals surface area contributed by atoms with Gasteiger partial charge >= 0.3 is 0 Å². The van der Waals surface area contributed by atoms with Crippen molar-refractivity contribution in [2.45, 2.75) is 13.8 Å². The lowest BCUT2D eigenvalue weighted by atomic mass is 10.1. The SMILES string of the molecule is Cc1ccnc2ccnc(C)c12. The minimum Gasteiger partial charge on any atom is -0.261 e. The topological polar surface area (TPSA) is 25.8 Å². The van der Waals surface area contributed by atoms with Gasteiger partial charge in [0.15, 0.2) is 0 Å². The summed E-state index contributed by atoms with van der Waals surface area (Å²) < 4.78 is 0. The lowest BCUT2D eigenvalue weighted by Gasteiger charge is -2.02. The van der Waals surface area contributed by atoms with Gasteiger partial charge < -0.3 is 0 Å². The van der Waals surface area contributed by atoms with Crippen LogP contribution in [0.3, 0.4) is 0 Å². The Morgan fingerprint density at radius 3 is 2.50 bits per heavy atom. The molecule has 0 N–H and O–H groups in total. The minimum absolute atomic E-state index is 1.03. The van der Waals surface area contributed by atoms with Gasteiger partial charge in [-0.3, -0.25) is 9.97 Å². The van der Waals surface area contributed by atoms with Gasteiger partial charge in [0.25, 0.3) is 0 Å². The maximum Gasteiger partial charge on any atom is 0.0738 e. The minimum atomic E-state index is 1.03. The maximum absolute atomic E-state index is 4.26. The molecule has 2 aromatic rings. The normalized spacial score (nSPS) is 10.5. The zero-order chi connectivity index (χ0) is 8.55. The number of nitrogens with zero attached hydrogens (tertiary/aromatic N) is 2. The van der Waals surface area contributed by atoms with Gasteiger partial charge in [-0.15, -0.1) is 0 Å². The third-order valence-electron chi connectivity index (χ3n) is 2.05. The highest BCUT2D eigenvalue weighted by atomic mass is 14.7. The molecule has 0 unspecified atom stereocenters. The third-order valence-corrected chi connectivity index (χ3v) is 2.05. The van der Waals surface area contributed by atoms with E-state index in [9.17, 15) is 0 Å². The molecule has 0 amide bonds. The zero-order valence-corrected chi connectivity index (χ0v) is 7.20. The zero-order valence-electron chi connectivity index (χ0n) is 7.20. The Morgan fingerprint density at radius 2 is 1.75 bits per heavy atom. The van der Waals surface area contributed by atoms with Crippen molar-refractivity contribution >= 4 is 10.9 Å². The highest BCUT2D eigenvalue weighted by Crippen LogP contribution is 2.17. The highest BCUT2D eigenvalue weighted by molar-refractivity contribution is 5.83. The van der Waals surface area contributed by atoms with E-state index in [2.05, 4.69) is 16.9 Å². The van der Waals surface area contributed by atoms with Gasteiger partial charge in [-0.05, 0) is 31.5 Å². The average Bonchev–Trinajstić information content (AvgIpc) is 2.04. The predicted octanol–water partition coefficient (Wildman–Crippen LogP) is 2.25. The van der Waals surface area contributed by atoms with Gasteiger partial charge in [0, 0.05) is 23.5 Å². The van der Waals surface area contributed by atoms with Gasteiger partial charge in [-0.25, -0.2) is 0 Å². The van der Waals surface area contributed by atoms with Crippen LogP contribution in [-0.4, -0.2) is 9.97 Å². The van der Waals surface area contributed by atoms with Crippen molar-refractivity contribution in [1.82, 2.24) is 9.97 Å². The molecule has 2 nitrogen and oxygen atoms in total. The van der Waals surface area contributed by atoms with E-state index in [4.69, 9.17) is 0 Å². The van der Waals surface area contributed by atoms with Crippen LogP contribution in [0.15, 0.2) is 24.5 Å². The van der Waals surface area contributed by atoms with Crippen LogP contribution in [0.4, 0.5) is 0 Å². The third kappa shape index (κ3) is 0.961. The maximum atomic E-state index is 4.26. The molecular formula is C10H10N2. The Labute approximate surface area is 71.3 Å². The number of pyridine rings is 2. The van der Waals surface area contributed by atoms with Crippen LogP contribution < -0.4 is 0 Å². The van der Waals surface area contributed by atoms with Crippen molar-refractivity contribution in [3.05, 3.63) is 35.8 Å². The molecule has 0 saturated heterocycles. The standard InChI is InChI=1S/C10H10N2/c1-7-3-5-12-9-4-6-11-8(2)10(7)9/h3-6H,1-2H3. The van der Waals surface area contributed by atoms with Gasteiger partial charge in [0.05, 0.1) is 5.52 Å². The largest absolute Gasteiger partial charge is 0.261 e. The quantitative estimate of drug-likeness (QED) is 0.587. The second-order valence-corrected chi connectivity index (χ2v) is 2.92. The second-order valence-electron chi connectivity index (χ2n) is 2.92. The number of fused-ring (bicyclic) bond motifs is 1. The number of hydrogen-bond acceptors (Lipinski definition) is 2. The molecule has 2 heteroatoms. The fourth-order valence-electron chi connectivity index (χ4n) is 1.46. The number of aromatic nitrogens is 2. The van der Waals surface area contributed by atoms with Crippen molar-refractivity contribution in [3.63, 3.8) is 0 Å². The molecule has 12 heavy (non-hydrogen) atoms. The first-order valence-electron chi connectivity index (χ1n) is 3.96. The average molecular weight is 158 g/mol. The molecule has 0 atom stereocenters. The van der Waals surface area contributed by atoms with E-state index in [1.807, 2.05) is 25.3 Å². The molecular weight excluding hydrogens is 148 g/mol. The monoisotopic (exact) mass is 158 g/mol. The summed E-state index contributed by atoms with van der Waals surface area (Å²) in [5.41, 5.74) is 3.33. The summed E-state index contributed by atoms with van der Waals surface area (Å²) >= 11 is 0. The molecule has 0 aliphatic heterocycles. The molecule has 0 radical (unpaired) electrons. The molecule has 0 aliphatic rings. The summed E-state index contributed by atoms with van der Waals surface area (Å²) in [5.74, 6) is 0. The van der Waals surface area contributed by atoms with Gasteiger partial charge in [-0.1, -0.05) is 0 Å². The molecule has 0 spiro atoms. The molecule has 0 fully saturated rings. The molecule has 2 aromatic heterocycles. The van der Waals surface area contributed by atoms with E-state index in [1.165, 1.54) is 10.9 Å². The number of aryl methyl sites for hydroxylation is 2. The molecule has 60 valence electrons. The van der Waals surface area contributed by atoms with Crippen molar-refractivity contribution in [2.24, 2.45) is 0 Å². The van der Waals surface area contributed by atoms with Crippen molar-refractivity contribution in [2.75, 3.05) is 0 Å². The van der Waals surface area contributed by atoms with Gasteiger partial charge in [0.2, 0.25) is 0 Å². The van der Waals surface area contributed by atoms with Crippen LogP contribution >= 0.6 is 0 Å². The van der Waals surface area contributed by atoms with Crippen LogP contribution in [0.25, 0.3) is 10.9 Å². The van der Waals surface area contributed by atoms with E-state index in [-0.39, 0.29) is 0 Å². The van der Waals surface area contributed by atoms with Crippen LogP contribution in [0, 0.1) is 13.8 Å². The van der Waals surface area contributed by atoms with Gasteiger partial charge in [0.1, 0.15) is 0 Å². The van der Waals surface area contributed by atoms with Crippen LogP contribution in [0.1, 0.15) is 11.3 Å².